The number of rotatable bonds is 6. The molecule has 3 rings (SSSR count). The lowest BCUT2D eigenvalue weighted by atomic mass is 10.1. The van der Waals surface area contributed by atoms with Gasteiger partial charge < -0.3 is 23.8 Å². The Balaban J connectivity index is 1.61. The molecule has 0 saturated carbocycles. The van der Waals surface area contributed by atoms with Crippen LogP contribution in [0, 0.1) is 13.8 Å². The number of ether oxygens (including phenoxy) is 2. The molecule has 8 heteroatoms. The van der Waals surface area contributed by atoms with E-state index in [2.05, 4.69) is 15.6 Å². The van der Waals surface area contributed by atoms with Crippen molar-refractivity contribution in [3.8, 4) is 0 Å². The van der Waals surface area contributed by atoms with Crippen molar-refractivity contribution in [1.29, 1.82) is 0 Å². The van der Waals surface area contributed by atoms with Crippen LogP contribution in [0.2, 0.25) is 0 Å². The Morgan fingerprint density at radius 3 is 2.88 bits per heavy atom. The van der Waals surface area contributed by atoms with Gasteiger partial charge in [-0.05, 0) is 20.3 Å². The summed E-state index contributed by atoms with van der Waals surface area (Å²) in [7, 11) is 0. The molecule has 0 spiro atoms. The van der Waals surface area contributed by atoms with E-state index in [0.29, 0.717) is 38.4 Å². The SMILES string of the molecule is CCc1cc(C(=O)N[C@@H]2COCC[C@@H]2OCc2c(C)noc2C)no1. The van der Waals surface area contributed by atoms with E-state index in [4.69, 9.17) is 18.5 Å². The van der Waals surface area contributed by atoms with E-state index in [1.165, 1.54) is 0 Å². The lowest BCUT2D eigenvalue weighted by Gasteiger charge is -2.31. The lowest BCUT2D eigenvalue weighted by molar-refractivity contribution is -0.0608. The average Bonchev–Trinajstić information content (AvgIpc) is 3.22. The average molecular weight is 349 g/mol. The Morgan fingerprint density at radius 2 is 2.20 bits per heavy atom. The second kappa shape index (κ2) is 7.79. The first-order valence-corrected chi connectivity index (χ1v) is 8.46. The molecule has 0 radical (unpaired) electrons. The molecule has 1 fully saturated rings. The highest BCUT2D eigenvalue weighted by Gasteiger charge is 2.29. The van der Waals surface area contributed by atoms with E-state index in [9.17, 15) is 4.79 Å². The maximum atomic E-state index is 12.4. The van der Waals surface area contributed by atoms with Crippen LogP contribution in [-0.4, -0.2) is 41.6 Å². The summed E-state index contributed by atoms with van der Waals surface area (Å²) in [6, 6.07) is 1.40. The van der Waals surface area contributed by atoms with Gasteiger partial charge in [0.25, 0.3) is 5.91 Å². The molecule has 136 valence electrons. The van der Waals surface area contributed by atoms with Gasteiger partial charge in [0.05, 0.1) is 31.1 Å². The molecule has 2 aromatic rings. The van der Waals surface area contributed by atoms with Gasteiger partial charge in [-0.2, -0.15) is 0 Å². The normalized spacial score (nSPS) is 20.6. The second-order valence-corrected chi connectivity index (χ2v) is 6.13. The van der Waals surface area contributed by atoms with Gasteiger partial charge in [-0.1, -0.05) is 17.2 Å². The number of hydrogen-bond donors (Lipinski definition) is 1. The third-order valence-electron chi connectivity index (χ3n) is 4.37. The van der Waals surface area contributed by atoms with Crippen molar-refractivity contribution < 1.29 is 23.3 Å². The van der Waals surface area contributed by atoms with Crippen LogP contribution in [0.4, 0.5) is 0 Å². The van der Waals surface area contributed by atoms with E-state index >= 15 is 0 Å². The number of hydrogen-bond acceptors (Lipinski definition) is 7. The maximum absolute atomic E-state index is 12.4. The predicted molar refractivity (Wildman–Crippen MR) is 87.1 cm³/mol. The maximum Gasteiger partial charge on any atom is 0.273 e. The molecule has 3 heterocycles. The Morgan fingerprint density at radius 1 is 1.36 bits per heavy atom. The van der Waals surface area contributed by atoms with Crippen molar-refractivity contribution >= 4 is 5.91 Å². The van der Waals surface area contributed by atoms with E-state index < -0.39 is 0 Å². The standard InChI is InChI=1S/C17H23N3O5/c1-4-12-7-14(20-25-12)17(21)18-15-9-22-6-5-16(15)23-8-13-10(2)19-24-11(13)3/h7,15-16H,4-6,8-9H2,1-3H3,(H,18,21)/t15-,16+/m1/s1. The molecule has 1 amide bonds. The molecular formula is C17H23N3O5. The molecule has 1 saturated heterocycles. The minimum atomic E-state index is -0.287. The molecule has 0 unspecified atom stereocenters. The van der Waals surface area contributed by atoms with Gasteiger partial charge in [0, 0.05) is 24.7 Å². The van der Waals surface area contributed by atoms with Gasteiger partial charge in [-0.25, -0.2) is 0 Å². The lowest BCUT2D eigenvalue weighted by Crippen LogP contribution is -2.50. The summed E-state index contributed by atoms with van der Waals surface area (Å²) in [5.41, 5.74) is 2.03. The van der Waals surface area contributed by atoms with Crippen molar-refractivity contribution in [3.63, 3.8) is 0 Å². The highest BCUT2D eigenvalue weighted by Crippen LogP contribution is 2.19. The molecule has 1 aliphatic rings. The van der Waals surface area contributed by atoms with Crippen LogP contribution in [0.15, 0.2) is 15.1 Å². The molecular weight excluding hydrogens is 326 g/mol. The molecule has 1 aliphatic heterocycles. The van der Waals surface area contributed by atoms with E-state index in [1.54, 1.807) is 6.07 Å². The van der Waals surface area contributed by atoms with Gasteiger partial charge in [0.1, 0.15) is 11.5 Å². The smallest absolute Gasteiger partial charge is 0.273 e. The van der Waals surface area contributed by atoms with Gasteiger partial charge in [0.15, 0.2) is 5.69 Å². The molecule has 0 aliphatic carbocycles. The fourth-order valence-electron chi connectivity index (χ4n) is 2.78. The van der Waals surface area contributed by atoms with Gasteiger partial charge in [-0.15, -0.1) is 0 Å². The van der Waals surface area contributed by atoms with Crippen LogP contribution in [0.3, 0.4) is 0 Å². The van der Waals surface area contributed by atoms with Crippen LogP contribution in [-0.2, 0) is 22.5 Å². The highest BCUT2D eigenvalue weighted by atomic mass is 16.5. The number of carbonyl (C=O) groups is 1. The van der Waals surface area contributed by atoms with Crippen molar-refractivity contribution in [3.05, 3.63) is 34.5 Å². The molecule has 1 N–H and O–H groups in total. The third kappa shape index (κ3) is 4.08. The summed E-state index contributed by atoms with van der Waals surface area (Å²) in [4.78, 5) is 12.4. The monoisotopic (exact) mass is 349 g/mol. The number of nitrogens with zero attached hydrogens (tertiary/aromatic N) is 2. The quantitative estimate of drug-likeness (QED) is 0.850. The zero-order chi connectivity index (χ0) is 17.8. The molecule has 0 bridgehead atoms. The number of aromatic nitrogens is 2. The minimum absolute atomic E-state index is 0.149. The first-order valence-electron chi connectivity index (χ1n) is 8.46. The van der Waals surface area contributed by atoms with Crippen LogP contribution in [0.25, 0.3) is 0 Å². The first-order chi connectivity index (χ1) is 12.1. The fourth-order valence-corrected chi connectivity index (χ4v) is 2.78. The molecule has 2 atom stereocenters. The highest BCUT2D eigenvalue weighted by molar-refractivity contribution is 5.92. The van der Waals surface area contributed by atoms with Crippen molar-refractivity contribution in [2.75, 3.05) is 13.2 Å². The molecule has 8 nitrogen and oxygen atoms in total. The minimum Gasteiger partial charge on any atom is -0.379 e. The largest absolute Gasteiger partial charge is 0.379 e. The summed E-state index contributed by atoms with van der Waals surface area (Å²) in [5, 5.41) is 10.7. The van der Waals surface area contributed by atoms with Crippen LogP contribution < -0.4 is 5.32 Å². The number of nitrogens with one attached hydrogen (secondary N) is 1. The van der Waals surface area contributed by atoms with Crippen LogP contribution >= 0.6 is 0 Å². The fraction of sp³-hybridized carbons (Fsp3) is 0.588. The number of carbonyl (C=O) groups excluding carboxylic acids is 1. The molecule has 2 aromatic heterocycles. The Kier molecular flexibility index (Phi) is 5.50. The number of aryl methyl sites for hydroxylation is 3. The summed E-state index contributed by atoms with van der Waals surface area (Å²) < 4.78 is 21.8. The zero-order valence-corrected chi connectivity index (χ0v) is 14.7. The summed E-state index contributed by atoms with van der Waals surface area (Å²) in [6.07, 6.45) is 1.24. The summed E-state index contributed by atoms with van der Waals surface area (Å²) >= 11 is 0. The second-order valence-electron chi connectivity index (χ2n) is 6.13. The van der Waals surface area contributed by atoms with E-state index in [1.807, 2.05) is 20.8 Å². The third-order valence-corrected chi connectivity index (χ3v) is 4.37. The Labute approximate surface area is 145 Å². The Bertz CT molecular complexity index is 704. The first kappa shape index (κ1) is 17.6. The van der Waals surface area contributed by atoms with Gasteiger partial charge in [0.2, 0.25) is 0 Å². The van der Waals surface area contributed by atoms with Crippen LogP contribution in [0.1, 0.15) is 46.6 Å². The van der Waals surface area contributed by atoms with Crippen molar-refractivity contribution in [2.24, 2.45) is 0 Å². The number of amides is 1. The van der Waals surface area contributed by atoms with E-state index in [-0.39, 0.29) is 23.7 Å². The van der Waals surface area contributed by atoms with Gasteiger partial charge >= 0.3 is 0 Å². The zero-order valence-electron chi connectivity index (χ0n) is 14.7. The predicted octanol–water partition coefficient (Wildman–Crippen LogP) is 1.95. The summed E-state index contributed by atoms with van der Waals surface area (Å²) in [5.74, 6) is 1.14. The Hall–Kier alpha value is -2.19. The van der Waals surface area contributed by atoms with Crippen LogP contribution in [0.5, 0.6) is 0 Å². The molecule has 0 aromatic carbocycles. The molecule has 25 heavy (non-hydrogen) atoms. The van der Waals surface area contributed by atoms with E-state index in [0.717, 1.165) is 17.0 Å². The van der Waals surface area contributed by atoms with Crippen molar-refractivity contribution in [2.45, 2.75) is 52.4 Å². The summed E-state index contributed by atoms with van der Waals surface area (Å²) in [6.45, 7) is 7.07. The topological polar surface area (TPSA) is 99.6 Å². The van der Waals surface area contributed by atoms with Gasteiger partial charge in [-0.3, -0.25) is 4.79 Å². The van der Waals surface area contributed by atoms with Crippen molar-refractivity contribution in [1.82, 2.24) is 15.6 Å².